The second-order valence-corrected chi connectivity index (χ2v) is 11.3. The molecule has 3 heteroatoms. The normalized spacial score (nSPS) is 11.4. The molecule has 0 aliphatic heterocycles. The van der Waals surface area contributed by atoms with Crippen LogP contribution in [0.5, 0.6) is 0 Å². The minimum absolute atomic E-state index is 0. The lowest BCUT2D eigenvalue weighted by Gasteiger charge is -2.26. The Morgan fingerprint density at radius 2 is 1.00 bits per heavy atom. The zero-order valence-corrected chi connectivity index (χ0v) is 19.9. The van der Waals surface area contributed by atoms with E-state index in [1.165, 1.54) is 35.2 Å². The summed E-state index contributed by atoms with van der Waals surface area (Å²) in [5, 5.41) is 4.34. The maximum atomic E-state index is 5.78. The van der Waals surface area contributed by atoms with Gasteiger partial charge in [0.25, 0.3) is 0 Å². The van der Waals surface area contributed by atoms with E-state index in [4.69, 9.17) is 11.6 Å². The molecule has 0 fully saturated rings. The van der Waals surface area contributed by atoms with Crippen LogP contribution in [0.4, 0.5) is 0 Å². The average Bonchev–Trinajstić information content (AvgIpc) is 2.80. The van der Waals surface area contributed by atoms with Crippen LogP contribution < -0.4 is 28.3 Å². The number of rotatable bonds is 11. The fourth-order valence-corrected chi connectivity index (χ4v) is 8.10. The largest absolute Gasteiger partial charge is 1.00 e. The van der Waals surface area contributed by atoms with Crippen molar-refractivity contribution in [2.45, 2.75) is 32.1 Å². The van der Waals surface area contributed by atoms with Gasteiger partial charge in [0.15, 0.2) is 0 Å². The number of benzene rings is 3. The minimum atomic E-state index is -1.72. The van der Waals surface area contributed by atoms with E-state index >= 15 is 0 Å². The molecular weight excluding hydrogens is 426 g/mol. The number of hydrogen-bond donors (Lipinski definition) is 0. The van der Waals surface area contributed by atoms with Gasteiger partial charge in [0, 0.05) is 5.88 Å². The van der Waals surface area contributed by atoms with Crippen molar-refractivity contribution in [3.8, 4) is 0 Å². The van der Waals surface area contributed by atoms with Crippen LogP contribution >= 0.6 is 18.9 Å². The van der Waals surface area contributed by atoms with Gasteiger partial charge in [0.05, 0.1) is 6.16 Å². The molecule has 0 unspecified atom stereocenters. The third-order valence-corrected chi connectivity index (χ3v) is 9.96. The highest BCUT2D eigenvalue weighted by atomic mass is 35.5. The van der Waals surface area contributed by atoms with Crippen molar-refractivity contribution in [1.29, 1.82) is 0 Å². The highest BCUT2D eigenvalue weighted by Gasteiger charge is 2.43. The Morgan fingerprint density at radius 3 is 1.43 bits per heavy atom. The Balaban J connectivity index is 0.00000320. The first-order valence-electron chi connectivity index (χ1n) is 10.6. The molecule has 0 saturated carbocycles. The molecule has 0 N–H and O–H groups in total. The van der Waals surface area contributed by atoms with E-state index in [0.717, 1.165) is 24.9 Å². The first-order valence-corrected chi connectivity index (χ1v) is 13.1. The van der Waals surface area contributed by atoms with Gasteiger partial charge in [-0.15, -0.1) is 11.6 Å². The van der Waals surface area contributed by atoms with Crippen LogP contribution in [0.2, 0.25) is 0 Å². The summed E-state index contributed by atoms with van der Waals surface area (Å²) in [7, 11) is -1.72. The van der Waals surface area contributed by atoms with Gasteiger partial charge < -0.3 is 12.4 Å². The van der Waals surface area contributed by atoms with Crippen molar-refractivity contribution in [3.05, 3.63) is 103 Å². The van der Waals surface area contributed by atoms with Gasteiger partial charge in [-0.2, -0.15) is 0 Å². The Hall–Kier alpha value is -1.59. The zero-order valence-electron chi connectivity index (χ0n) is 17.5. The Bertz CT molecular complexity index is 751. The lowest BCUT2D eigenvalue weighted by atomic mass is 10.1. The maximum absolute atomic E-state index is 5.78. The number of unbranched alkanes of at least 4 members (excludes halogenated alkanes) is 4. The predicted octanol–water partition coefficient (Wildman–Crippen LogP) is 3.73. The first kappa shape index (κ1) is 24.7. The van der Waals surface area contributed by atoms with Crippen LogP contribution in [-0.2, 0) is 0 Å². The summed E-state index contributed by atoms with van der Waals surface area (Å²) >= 11 is 5.78. The summed E-state index contributed by atoms with van der Waals surface area (Å²) in [6.45, 7) is 0. The molecule has 0 aromatic heterocycles. The predicted molar refractivity (Wildman–Crippen MR) is 133 cm³/mol. The molecule has 0 heterocycles. The standard InChI is InChI=1S/C27H31ClP.ClH/c28-23-15-4-2-1-3-5-16-24-29(25-17-9-6-10-18-25,26-19-11-7-12-20-26)27-21-13-8-14-22-27;/h5-14,16-22H,1-4,15,23-24H2;1H/q+1;/p-1. The summed E-state index contributed by atoms with van der Waals surface area (Å²) in [4.78, 5) is 0. The summed E-state index contributed by atoms with van der Waals surface area (Å²) in [6, 6.07) is 33.3. The second kappa shape index (κ2) is 13.7. The lowest BCUT2D eigenvalue weighted by molar-refractivity contribution is -0.00000566. The number of halogens is 2. The highest BCUT2D eigenvalue weighted by Crippen LogP contribution is 2.55. The van der Waals surface area contributed by atoms with Crippen LogP contribution in [0.3, 0.4) is 0 Å². The quantitative estimate of drug-likeness (QED) is 0.178. The Morgan fingerprint density at radius 1 is 0.567 bits per heavy atom. The summed E-state index contributed by atoms with van der Waals surface area (Å²) < 4.78 is 0. The molecule has 3 rings (SSSR count). The smallest absolute Gasteiger partial charge is 0.115 e. The van der Waals surface area contributed by atoms with E-state index in [-0.39, 0.29) is 12.4 Å². The molecule has 0 amide bonds. The molecule has 30 heavy (non-hydrogen) atoms. The SMILES string of the molecule is ClCCCCCCC=CC[P+](c1ccccc1)(c1ccccc1)c1ccccc1.[Cl-]. The third kappa shape index (κ3) is 6.45. The monoisotopic (exact) mass is 456 g/mol. The van der Waals surface area contributed by atoms with Crippen molar-refractivity contribution in [2.24, 2.45) is 0 Å². The van der Waals surface area contributed by atoms with Gasteiger partial charge in [0.2, 0.25) is 0 Å². The van der Waals surface area contributed by atoms with E-state index in [0.29, 0.717) is 0 Å². The molecule has 3 aromatic rings. The van der Waals surface area contributed by atoms with E-state index in [2.05, 4.69) is 103 Å². The molecule has 0 atom stereocenters. The molecule has 0 nitrogen and oxygen atoms in total. The van der Waals surface area contributed by atoms with Crippen LogP contribution in [0, 0.1) is 0 Å². The zero-order chi connectivity index (χ0) is 20.2. The first-order chi connectivity index (χ1) is 14.4. The van der Waals surface area contributed by atoms with Crippen molar-refractivity contribution in [2.75, 3.05) is 12.0 Å². The molecule has 0 radical (unpaired) electrons. The number of allylic oxidation sites excluding steroid dienone is 2. The van der Waals surface area contributed by atoms with Crippen molar-refractivity contribution in [1.82, 2.24) is 0 Å². The van der Waals surface area contributed by atoms with Crippen molar-refractivity contribution >= 4 is 34.8 Å². The van der Waals surface area contributed by atoms with Crippen molar-refractivity contribution in [3.63, 3.8) is 0 Å². The van der Waals surface area contributed by atoms with Gasteiger partial charge in [0.1, 0.15) is 23.2 Å². The van der Waals surface area contributed by atoms with E-state index in [9.17, 15) is 0 Å². The molecule has 0 bridgehead atoms. The summed E-state index contributed by atoms with van der Waals surface area (Å²) in [5.41, 5.74) is 0. The molecule has 3 aromatic carbocycles. The third-order valence-electron chi connectivity index (χ3n) is 5.39. The van der Waals surface area contributed by atoms with Gasteiger partial charge >= 0.3 is 0 Å². The summed E-state index contributed by atoms with van der Waals surface area (Å²) in [6.07, 6.45) is 11.9. The van der Waals surface area contributed by atoms with Gasteiger partial charge in [-0.1, -0.05) is 79.6 Å². The molecule has 0 aliphatic carbocycles. The molecule has 158 valence electrons. The number of hydrogen-bond acceptors (Lipinski definition) is 0. The fraction of sp³-hybridized carbons (Fsp3) is 0.259. The minimum Gasteiger partial charge on any atom is -1.00 e. The topological polar surface area (TPSA) is 0 Å². The van der Waals surface area contributed by atoms with Gasteiger partial charge in [-0.25, -0.2) is 0 Å². The van der Waals surface area contributed by atoms with Crippen LogP contribution in [0.15, 0.2) is 103 Å². The molecular formula is C27H31Cl2P. The van der Waals surface area contributed by atoms with E-state index in [1.807, 2.05) is 0 Å². The van der Waals surface area contributed by atoms with E-state index in [1.54, 1.807) is 0 Å². The highest BCUT2D eigenvalue weighted by molar-refractivity contribution is 7.95. The Kier molecular flexibility index (Phi) is 11.2. The van der Waals surface area contributed by atoms with Crippen LogP contribution in [-0.4, -0.2) is 12.0 Å². The second-order valence-electron chi connectivity index (χ2n) is 7.36. The number of alkyl halides is 1. The molecule has 0 saturated heterocycles. The van der Waals surface area contributed by atoms with Gasteiger partial charge in [-0.05, 0) is 55.7 Å². The Labute approximate surface area is 194 Å². The van der Waals surface area contributed by atoms with E-state index < -0.39 is 7.26 Å². The average molecular weight is 457 g/mol. The maximum Gasteiger partial charge on any atom is 0.115 e. The molecule has 0 spiro atoms. The lowest BCUT2D eigenvalue weighted by Crippen LogP contribution is -3.00. The summed E-state index contributed by atoms with van der Waals surface area (Å²) in [5.74, 6) is 0.786. The molecule has 0 aliphatic rings. The fourth-order valence-electron chi connectivity index (χ4n) is 3.87. The van der Waals surface area contributed by atoms with Crippen molar-refractivity contribution < 1.29 is 12.4 Å². The van der Waals surface area contributed by atoms with Crippen LogP contribution in [0.1, 0.15) is 32.1 Å². The van der Waals surface area contributed by atoms with Gasteiger partial charge in [-0.3, -0.25) is 0 Å². The van der Waals surface area contributed by atoms with Crippen LogP contribution in [0.25, 0.3) is 0 Å².